The van der Waals surface area contributed by atoms with Crippen LogP contribution in [0.5, 0.6) is 17.2 Å². The average Bonchev–Trinajstić information content (AvgIpc) is 3.23. The molecule has 0 aromatic heterocycles. The second-order valence-electron chi connectivity index (χ2n) is 13.7. The summed E-state index contributed by atoms with van der Waals surface area (Å²) in [5.74, 6) is 1.91. The van der Waals surface area contributed by atoms with Crippen LogP contribution in [0.2, 0.25) is 0 Å². The van der Waals surface area contributed by atoms with Crippen LogP contribution >= 0.6 is 0 Å². The van der Waals surface area contributed by atoms with Crippen molar-refractivity contribution in [1.29, 1.82) is 0 Å². The standard InChI is InChI=1S/C44H50N2O10/c1-50-40-11-6-4-9-36(40)29-52-20-7-21-53-38-18-16-34(17-19-38)44-37(30-55-43(47)24-31-12-14-32(15-13-31)28-56-46(48)49)25-45-26-42(44)54-27-33-22-35-8-3-5-10-39(35)41(23-33)51-2/h3-6,8-19,22-23,37,42,44-45,48-49H,7,20-21,24-30H2,1-2H3. The number of rotatable bonds is 20. The Balaban J connectivity index is 1.09. The van der Waals surface area contributed by atoms with Gasteiger partial charge in [0, 0.05) is 42.3 Å². The van der Waals surface area contributed by atoms with Gasteiger partial charge in [0.25, 0.3) is 0 Å². The number of nitrogens with zero attached hydrogens (tertiary/aromatic N) is 1. The highest BCUT2D eigenvalue weighted by Crippen LogP contribution is 2.35. The summed E-state index contributed by atoms with van der Waals surface area (Å²) in [7, 11) is 3.34. The number of nitrogens with one attached hydrogen (secondary N) is 1. The Morgan fingerprint density at radius 2 is 1.52 bits per heavy atom. The molecule has 56 heavy (non-hydrogen) atoms. The molecule has 12 heteroatoms. The molecule has 0 amide bonds. The van der Waals surface area contributed by atoms with Gasteiger partial charge in [-0.3, -0.25) is 15.2 Å². The molecule has 1 heterocycles. The summed E-state index contributed by atoms with van der Waals surface area (Å²) >= 11 is 0. The van der Waals surface area contributed by atoms with E-state index in [1.165, 1.54) is 0 Å². The number of piperidine rings is 1. The summed E-state index contributed by atoms with van der Waals surface area (Å²) in [4.78, 5) is 17.7. The molecule has 0 spiro atoms. The van der Waals surface area contributed by atoms with Crippen molar-refractivity contribution in [2.24, 2.45) is 5.92 Å². The smallest absolute Gasteiger partial charge is 0.310 e. The van der Waals surface area contributed by atoms with Crippen LogP contribution in [0.1, 0.15) is 40.2 Å². The molecule has 1 saturated heterocycles. The molecule has 1 aliphatic rings. The molecular formula is C44H50N2O10. The van der Waals surface area contributed by atoms with Gasteiger partial charge < -0.3 is 33.7 Å². The van der Waals surface area contributed by atoms with Crippen LogP contribution in [0, 0.1) is 5.92 Å². The molecule has 0 radical (unpaired) electrons. The van der Waals surface area contributed by atoms with Crippen LogP contribution in [0.3, 0.4) is 0 Å². The van der Waals surface area contributed by atoms with Crippen molar-refractivity contribution in [1.82, 2.24) is 10.7 Å². The predicted molar refractivity (Wildman–Crippen MR) is 209 cm³/mol. The first-order valence-corrected chi connectivity index (χ1v) is 18.7. The van der Waals surface area contributed by atoms with Crippen molar-refractivity contribution in [3.63, 3.8) is 0 Å². The summed E-state index contributed by atoms with van der Waals surface area (Å²) in [5, 5.41) is 22.9. The highest BCUT2D eigenvalue weighted by molar-refractivity contribution is 5.89. The maximum Gasteiger partial charge on any atom is 0.310 e. The highest BCUT2D eigenvalue weighted by Gasteiger charge is 2.36. The van der Waals surface area contributed by atoms with Gasteiger partial charge in [-0.15, -0.1) is 0 Å². The second-order valence-corrected chi connectivity index (χ2v) is 13.7. The number of methoxy groups -OCH3 is 2. The second kappa shape index (κ2) is 20.7. The molecule has 1 aliphatic heterocycles. The Morgan fingerprint density at radius 3 is 2.30 bits per heavy atom. The van der Waals surface area contributed by atoms with Crippen molar-refractivity contribution in [3.8, 4) is 17.2 Å². The Morgan fingerprint density at radius 1 is 0.768 bits per heavy atom. The third-order valence-electron chi connectivity index (χ3n) is 9.82. The van der Waals surface area contributed by atoms with Gasteiger partial charge >= 0.3 is 5.97 Å². The zero-order valence-electron chi connectivity index (χ0n) is 31.8. The van der Waals surface area contributed by atoms with Gasteiger partial charge in [-0.1, -0.05) is 78.9 Å². The zero-order valence-corrected chi connectivity index (χ0v) is 31.8. The monoisotopic (exact) mass is 766 g/mol. The molecule has 0 saturated carbocycles. The Hall–Kier alpha value is -5.05. The van der Waals surface area contributed by atoms with Gasteiger partial charge in [0.1, 0.15) is 17.2 Å². The summed E-state index contributed by atoms with van der Waals surface area (Å²) in [6, 6.07) is 35.3. The summed E-state index contributed by atoms with van der Waals surface area (Å²) in [6.07, 6.45) is 0.624. The third kappa shape index (κ3) is 11.5. The predicted octanol–water partition coefficient (Wildman–Crippen LogP) is 7.03. The first-order valence-electron chi connectivity index (χ1n) is 18.7. The molecule has 0 bridgehead atoms. The van der Waals surface area contributed by atoms with Gasteiger partial charge in [0.05, 0.1) is 71.8 Å². The molecule has 1 fully saturated rings. The minimum atomic E-state index is -0.341. The van der Waals surface area contributed by atoms with E-state index in [0.717, 1.165) is 56.7 Å². The number of carbonyl (C=O) groups excluding carboxylic acids is 1. The lowest BCUT2D eigenvalue weighted by atomic mass is 9.79. The van der Waals surface area contributed by atoms with E-state index in [4.69, 9.17) is 38.8 Å². The highest BCUT2D eigenvalue weighted by atomic mass is 17.1. The molecular weight excluding hydrogens is 716 g/mol. The number of hydrogen-bond acceptors (Lipinski definition) is 12. The van der Waals surface area contributed by atoms with E-state index in [1.54, 1.807) is 38.5 Å². The van der Waals surface area contributed by atoms with E-state index < -0.39 is 0 Å². The lowest BCUT2D eigenvalue weighted by Gasteiger charge is -2.38. The van der Waals surface area contributed by atoms with Crippen LogP contribution in [0.4, 0.5) is 0 Å². The van der Waals surface area contributed by atoms with Crippen LogP contribution < -0.4 is 19.5 Å². The summed E-state index contributed by atoms with van der Waals surface area (Å²) in [6.45, 7) is 3.39. The number of para-hydroxylation sites is 1. The van der Waals surface area contributed by atoms with Crippen LogP contribution in [-0.4, -0.2) is 75.0 Å². The fourth-order valence-electron chi connectivity index (χ4n) is 7.02. The van der Waals surface area contributed by atoms with Crippen LogP contribution in [0.25, 0.3) is 10.8 Å². The fraction of sp³-hybridized carbons (Fsp3) is 0.341. The maximum atomic E-state index is 13.1. The number of hydrogen-bond donors (Lipinski definition) is 3. The quantitative estimate of drug-likeness (QED) is 0.0426. The molecule has 296 valence electrons. The third-order valence-corrected chi connectivity index (χ3v) is 9.82. The summed E-state index contributed by atoms with van der Waals surface area (Å²) < 4.78 is 35.6. The molecule has 3 unspecified atom stereocenters. The first kappa shape index (κ1) is 40.6. The largest absolute Gasteiger partial charge is 0.496 e. The van der Waals surface area contributed by atoms with Crippen LogP contribution in [0.15, 0.2) is 109 Å². The number of benzene rings is 5. The molecule has 6 rings (SSSR count). The van der Waals surface area contributed by atoms with Gasteiger partial charge in [-0.2, -0.15) is 0 Å². The molecule has 5 aromatic carbocycles. The number of carbonyl (C=O) groups is 1. The molecule has 3 atom stereocenters. The van der Waals surface area contributed by atoms with Crippen molar-refractivity contribution >= 4 is 16.7 Å². The van der Waals surface area contributed by atoms with Gasteiger partial charge in [-0.25, -0.2) is 4.84 Å². The molecule has 0 aliphatic carbocycles. The fourth-order valence-corrected chi connectivity index (χ4v) is 7.02. The first-order chi connectivity index (χ1) is 27.4. The normalized spacial score (nSPS) is 16.8. The van der Waals surface area contributed by atoms with E-state index in [1.807, 2.05) is 60.7 Å². The zero-order chi connectivity index (χ0) is 39.1. The number of fused-ring (bicyclic) bond motifs is 1. The minimum Gasteiger partial charge on any atom is -0.496 e. The maximum absolute atomic E-state index is 13.1. The van der Waals surface area contributed by atoms with Crippen molar-refractivity contribution in [2.75, 3.05) is 47.1 Å². The average molecular weight is 767 g/mol. The topological polar surface area (TPSA) is 137 Å². The minimum absolute atomic E-state index is 0.0287. The van der Waals surface area contributed by atoms with Crippen molar-refractivity contribution in [2.45, 2.75) is 44.7 Å². The molecule has 5 aromatic rings. The van der Waals surface area contributed by atoms with Crippen molar-refractivity contribution < 1.29 is 48.5 Å². The number of esters is 1. The van der Waals surface area contributed by atoms with Crippen molar-refractivity contribution in [3.05, 3.63) is 137 Å². The van der Waals surface area contributed by atoms with Gasteiger partial charge in [0.15, 0.2) is 0 Å². The Kier molecular flexibility index (Phi) is 15.0. The molecule has 12 nitrogen and oxygen atoms in total. The van der Waals surface area contributed by atoms with E-state index in [2.05, 4.69) is 34.4 Å². The van der Waals surface area contributed by atoms with Gasteiger partial charge in [0.2, 0.25) is 0 Å². The lowest BCUT2D eigenvalue weighted by molar-refractivity contribution is -0.497. The van der Waals surface area contributed by atoms with Gasteiger partial charge in [-0.05, 0) is 58.0 Å². The summed E-state index contributed by atoms with van der Waals surface area (Å²) in [5.41, 5.74) is 4.57. The SMILES string of the molecule is COc1ccccc1COCCCOc1ccc(C2C(COC(=O)Cc3ccc(CON(O)O)cc3)CNCC2OCc2cc(OC)c3ccccc3c2)cc1. The van der Waals surface area contributed by atoms with E-state index in [0.29, 0.717) is 45.1 Å². The Bertz CT molecular complexity index is 1970. The lowest BCUT2D eigenvalue weighted by Crippen LogP contribution is -2.48. The van der Waals surface area contributed by atoms with E-state index in [-0.39, 0.29) is 48.9 Å². The van der Waals surface area contributed by atoms with E-state index in [9.17, 15) is 4.79 Å². The number of ether oxygens (including phenoxy) is 6. The Labute approximate surface area is 327 Å². The van der Waals surface area contributed by atoms with Crippen LogP contribution in [-0.2, 0) is 50.1 Å². The molecule has 3 N–H and O–H groups in total. The van der Waals surface area contributed by atoms with E-state index >= 15 is 0 Å².